The van der Waals surface area contributed by atoms with Gasteiger partial charge in [-0.1, -0.05) is 49.3 Å². The van der Waals surface area contributed by atoms with Crippen LogP contribution in [0.3, 0.4) is 0 Å². The highest BCUT2D eigenvalue weighted by atomic mass is 16.3. The van der Waals surface area contributed by atoms with Crippen LogP contribution in [-0.4, -0.2) is 10.2 Å². The van der Waals surface area contributed by atoms with Crippen LogP contribution >= 0.6 is 0 Å². The van der Waals surface area contributed by atoms with Crippen LogP contribution in [0.2, 0.25) is 0 Å². The second kappa shape index (κ2) is 7.74. The van der Waals surface area contributed by atoms with Crippen molar-refractivity contribution in [3.63, 3.8) is 0 Å². The fraction of sp³-hybridized carbons (Fsp3) is 0.455. The molecule has 1 aliphatic carbocycles. The lowest BCUT2D eigenvalue weighted by molar-refractivity contribution is 0.405. The number of hydrogen-bond donors (Lipinski definition) is 2. The monoisotopic (exact) mass is 326 g/mol. The zero-order valence-corrected chi connectivity index (χ0v) is 15.4. The van der Waals surface area contributed by atoms with Gasteiger partial charge in [-0.25, -0.2) is 0 Å². The maximum atomic E-state index is 11.0. The summed E-state index contributed by atoms with van der Waals surface area (Å²) in [7, 11) is 0. The van der Waals surface area contributed by atoms with E-state index in [-0.39, 0.29) is 23.3 Å². The van der Waals surface area contributed by atoms with Gasteiger partial charge in [-0.3, -0.25) is 0 Å². The number of aromatic hydroxyl groups is 2. The Balaban J connectivity index is 2.66. The molecule has 0 unspecified atom stereocenters. The highest BCUT2D eigenvalue weighted by Gasteiger charge is 2.31. The minimum Gasteiger partial charge on any atom is -0.507 e. The standard InChI is InChI=1S/C22H30O2/c1-6-8-16-13-20(23)21(22(24)18(16)9-7-2)19-12-15(5)10-11-17(19)14(3)4/h7,9,12-13,17,19,23-24H,3,6,8,10-11H2,1-2,4-5H3/b9-7-/t17-,19+/m0/s1. The van der Waals surface area contributed by atoms with Crippen LogP contribution in [0.4, 0.5) is 0 Å². The predicted molar refractivity (Wildman–Crippen MR) is 103 cm³/mol. The number of phenolic OH excluding ortho intramolecular Hbond substituents is 2. The van der Waals surface area contributed by atoms with E-state index < -0.39 is 0 Å². The lowest BCUT2D eigenvalue weighted by Crippen LogP contribution is -2.17. The zero-order valence-electron chi connectivity index (χ0n) is 15.4. The molecule has 130 valence electrons. The molecule has 0 radical (unpaired) electrons. The van der Waals surface area contributed by atoms with Gasteiger partial charge in [-0.2, -0.15) is 0 Å². The van der Waals surface area contributed by atoms with E-state index in [0.29, 0.717) is 5.56 Å². The minimum atomic E-state index is -0.0177. The van der Waals surface area contributed by atoms with Gasteiger partial charge in [-0.05, 0) is 57.6 Å². The molecule has 0 fully saturated rings. The van der Waals surface area contributed by atoms with Crippen LogP contribution in [0, 0.1) is 5.92 Å². The molecular weight excluding hydrogens is 296 g/mol. The number of benzene rings is 1. The fourth-order valence-corrected chi connectivity index (χ4v) is 3.80. The van der Waals surface area contributed by atoms with Crippen molar-refractivity contribution in [1.29, 1.82) is 0 Å². The van der Waals surface area contributed by atoms with Gasteiger partial charge in [-0.15, -0.1) is 0 Å². The van der Waals surface area contributed by atoms with Crippen molar-refractivity contribution in [3.8, 4) is 11.5 Å². The Labute approximate surface area is 146 Å². The minimum absolute atomic E-state index is 0.0177. The Morgan fingerprint density at radius 3 is 2.67 bits per heavy atom. The first kappa shape index (κ1) is 18.4. The van der Waals surface area contributed by atoms with E-state index in [1.54, 1.807) is 0 Å². The van der Waals surface area contributed by atoms with Crippen LogP contribution in [0.15, 0.2) is 35.9 Å². The van der Waals surface area contributed by atoms with E-state index in [9.17, 15) is 10.2 Å². The van der Waals surface area contributed by atoms with Crippen molar-refractivity contribution in [2.45, 2.75) is 59.3 Å². The maximum absolute atomic E-state index is 11.0. The van der Waals surface area contributed by atoms with Crippen molar-refractivity contribution in [2.75, 3.05) is 0 Å². The van der Waals surface area contributed by atoms with Gasteiger partial charge >= 0.3 is 0 Å². The second-order valence-electron chi connectivity index (χ2n) is 7.01. The highest BCUT2D eigenvalue weighted by Crippen LogP contribution is 2.48. The molecule has 2 nitrogen and oxygen atoms in total. The first-order chi connectivity index (χ1) is 11.4. The molecule has 1 aromatic rings. The average Bonchev–Trinajstić information content (AvgIpc) is 2.51. The van der Waals surface area contributed by atoms with Gasteiger partial charge in [0.15, 0.2) is 0 Å². The zero-order chi connectivity index (χ0) is 17.9. The highest BCUT2D eigenvalue weighted by molar-refractivity contribution is 5.67. The topological polar surface area (TPSA) is 40.5 Å². The molecule has 24 heavy (non-hydrogen) atoms. The Kier molecular flexibility index (Phi) is 5.93. The SMILES string of the molecule is C=C(C)[C@@H]1CCC(C)=C[C@H]1c1c(O)cc(CCC)c(/C=C\C)c1O. The largest absolute Gasteiger partial charge is 0.507 e. The van der Waals surface area contributed by atoms with Crippen LogP contribution < -0.4 is 0 Å². The molecule has 0 heterocycles. The molecule has 2 atom stereocenters. The van der Waals surface area contributed by atoms with Crippen LogP contribution in [-0.2, 0) is 6.42 Å². The van der Waals surface area contributed by atoms with Gasteiger partial charge < -0.3 is 10.2 Å². The van der Waals surface area contributed by atoms with E-state index in [1.165, 1.54) is 5.57 Å². The molecule has 0 saturated carbocycles. The van der Waals surface area contributed by atoms with Crippen molar-refractivity contribution in [1.82, 2.24) is 0 Å². The molecule has 0 saturated heterocycles. The fourth-order valence-electron chi connectivity index (χ4n) is 3.80. The first-order valence-corrected chi connectivity index (χ1v) is 8.93. The third-order valence-corrected chi connectivity index (χ3v) is 5.01. The molecule has 0 amide bonds. The molecule has 1 aliphatic rings. The van der Waals surface area contributed by atoms with E-state index in [4.69, 9.17) is 0 Å². The summed E-state index contributed by atoms with van der Waals surface area (Å²) in [5, 5.41) is 21.7. The smallest absolute Gasteiger partial charge is 0.130 e. The summed E-state index contributed by atoms with van der Waals surface area (Å²) in [6, 6.07) is 1.83. The van der Waals surface area contributed by atoms with Gasteiger partial charge in [0.2, 0.25) is 0 Å². The van der Waals surface area contributed by atoms with Gasteiger partial charge in [0.1, 0.15) is 11.5 Å². The molecule has 0 aromatic heterocycles. The number of hydrogen-bond acceptors (Lipinski definition) is 2. The third-order valence-electron chi connectivity index (χ3n) is 5.01. The second-order valence-corrected chi connectivity index (χ2v) is 7.01. The summed E-state index contributed by atoms with van der Waals surface area (Å²) in [6.07, 6.45) is 9.94. The van der Waals surface area contributed by atoms with Gasteiger partial charge in [0, 0.05) is 17.0 Å². The lowest BCUT2D eigenvalue weighted by Gasteiger charge is -2.32. The quantitative estimate of drug-likeness (QED) is 0.642. The van der Waals surface area contributed by atoms with Crippen LogP contribution in [0.5, 0.6) is 11.5 Å². The number of rotatable bonds is 5. The third kappa shape index (κ3) is 3.58. The van der Waals surface area contributed by atoms with E-state index in [2.05, 4.69) is 26.5 Å². The van der Waals surface area contributed by atoms with E-state index in [0.717, 1.165) is 42.4 Å². The van der Waals surface area contributed by atoms with E-state index in [1.807, 2.05) is 32.1 Å². The van der Waals surface area contributed by atoms with Crippen molar-refractivity contribution in [3.05, 3.63) is 52.6 Å². The number of allylic oxidation sites excluding steroid dienone is 4. The molecular formula is C22H30O2. The van der Waals surface area contributed by atoms with Crippen molar-refractivity contribution >= 4 is 6.08 Å². The summed E-state index contributed by atoms with van der Waals surface area (Å²) < 4.78 is 0. The Hall–Kier alpha value is -1.96. The maximum Gasteiger partial charge on any atom is 0.130 e. The average molecular weight is 326 g/mol. The van der Waals surface area contributed by atoms with Gasteiger partial charge in [0.05, 0.1) is 0 Å². The molecule has 0 spiro atoms. The summed E-state index contributed by atoms with van der Waals surface area (Å²) in [5.74, 6) is 0.655. The first-order valence-electron chi connectivity index (χ1n) is 8.93. The summed E-state index contributed by atoms with van der Waals surface area (Å²) in [6.45, 7) is 12.3. The molecule has 2 rings (SSSR count). The predicted octanol–water partition coefficient (Wildman–Crippen LogP) is 6.10. The molecule has 1 aromatic carbocycles. The Morgan fingerprint density at radius 1 is 1.38 bits per heavy atom. The number of aryl methyl sites for hydroxylation is 1. The summed E-state index contributed by atoms with van der Waals surface area (Å²) >= 11 is 0. The summed E-state index contributed by atoms with van der Waals surface area (Å²) in [5.41, 5.74) is 4.89. The molecule has 0 aliphatic heterocycles. The normalized spacial score (nSPS) is 21.1. The summed E-state index contributed by atoms with van der Waals surface area (Å²) in [4.78, 5) is 0. The van der Waals surface area contributed by atoms with Crippen LogP contribution in [0.1, 0.15) is 69.6 Å². The molecule has 2 heteroatoms. The van der Waals surface area contributed by atoms with Crippen LogP contribution in [0.25, 0.3) is 6.08 Å². The van der Waals surface area contributed by atoms with E-state index >= 15 is 0 Å². The Bertz CT molecular complexity index is 680. The number of phenols is 2. The molecule has 0 bridgehead atoms. The lowest BCUT2D eigenvalue weighted by atomic mass is 9.73. The Morgan fingerprint density at radius 2 is 2.08 bits per heavy atom. The van der Waals surface area contributed by atoms with Gasteiger partial charge in [0.25, 0.3) is 0 Å². The van der Waals surface area contributed by atoms with Crippen molar-refractivity contribution in [2.24, 2.45) is 5.92 Å². The molecule has 2 N–H and O–H groups in total. The van der Waals surface area contributed by atoms with Crippen molar-refractivity contribution < 1.29 is 10.2 Å².